The molecule has 0 unspecified atom stereocenters. The molecule has 0 fully saturated rings. The molecule has 6 heteroatoms. The number of thiazole rings is 2. The van der Waals surface area contributed by atoms with E-state index in [9.17, 15) is 0 Å². The van der Waals surface area contributed by atoms with Crippen LogP contribution in [-0.2, 0) is 0 Å². The molecule has 0 bridgehead atoms. The highest BCUT2D eigenvalue weighted by molar-refractivity contribution is 7.26. The molecule has 0 atom stereocenters. The lowest BCUT2D eigenvalue weighted by Crippen LogP contribution is -1.76. The van der Waals surface area contributed by atoms with Gasteiger partial charge in [-0.05, 0) is 22.9 Å². The summed E-state index contributed by atoms with van der Waals surface area (Å²) in [7, 11) is 0. The number of thiophene rings is 2. The minimum Gasteiger partial charge on any atom is -0.242 e. The SMILES string of the molecule is c1csc(-c2nc(-c3nccs3)sc2-c2cccs2)c1. The summed E-state index contributed by atoms with van der Waals surface area (Å²) in [4.78, 5) is 12.9. The Kier molecular flexibility index (Phi) is 3.23. The van der Waals surface area contributed by atoms with Gasteiger partial charge in [-0.1, -0.05) is 12.1 Å². The molecular weight excluding hydrogens is 324 g/mol. The normalized spacial score (nSPS) is 11.0. The monoisotopic (exact) mass is 332 g/mol. The lowest BCUT2D eigenvalue weighted by molar-refractivity contribution is 1.36. The van der Waals surface area contributed by atoms with Crippen LogP contribution in [-0.4, -0.2) is 9.97 Å². The van der Waals surface area contributed by atoms with E-state index in [0.717, 1.165) is 15.7 Å². The van der Waals surface area contributed by atoms with E-state index in [2.05, 4.69) is 40.0 Å². The molecule has 0 amide bonds. The van der Waals surface area contributed by atoms with Crippen LogP contribution in [0.3, 0.4) is 0 Å². The Hall–Kier alpha value is -1.34. The Labute approximate surface area is 132 Å². The molecule has 0 aliphatic rings. The molecule has 0 spiro atoms. The predicted molar refractivity (Wildman–Crippen MR) is 89.8 cm³/mol. The lowest BCUT2D eigenvalue weighted by atomic mass is 10.3. The molecule has 4 heterocycles. The van der Waals surface area contributed by atoms with Crippen molar-refractivity contribution in [3.63, 3.8) is 0 Å². The van der Waals surface area contributed by atoms with Gasteiger partial charge in [-0.2, -0.15) is 0 Å². The van der Waals surface area contributed by atoms with Crippen molar-refractivity contribution in [3.8, 4) is 30.3 Å². The highest BCUT2D eigenvalue weighted by atomic mass is 32.1. The highest BCUT2D eigenvalue weighted by Crippen LogP contribution is 2.43. The molecule has 0 aliphatic heterocycles. The van der Waals surface area contributed by atoms with Gasteiger partial charge in [0.25, 0.3) is 0 Å². The summed E-state index contributed by atoms with van der Waals surface area (Å²) in [5.41, 5.74) is 1.08. The smallest absolute Gasteiger partial charge is 0.153 e. The van der Waals surface area contributed by atoms with Crippen molar-refractivity contribution in [2.45, 2.75) is 0 Å². The molecule has 0 saturated carbocycles. The molecule has 20 heavy (non-hydrogen) atoms. The van der Waals surface area contributed by atoms with E-state index >= 15 is 0 Å². The number of nitrogens with zero attached hydrogens (tertiary/aromatic N) is 2. The number of hydrogen-bond donors (Lipinski definition) is 0. The first-order valence-corrected chi connectivity index (χ1v) is 9.36. The van der Waals surface area contributed by atoms with Gasteiger partial charge in [-0.25, -0.2) is 9.97 Å². The van der Waals surface area contributed by atoms with Crippen LogP contribution in [0.5, 0.6) is 0 Å². The van der Waals surface area contributed by atoms with Crippen molar-refractivity contribution in [2.24, 2.45) is 0 Å². The molecule has 0 saturated heterocycles. The fourth-order valence-corrected chi connectivity index (χ4v) is 5.29. The van der Waals surface area contributed by atoms with E-state index in [1.54, 1.807) is 45.3 Å². The Morgan fingerprint density at radius 1 is 0.800 bits per heavy atom. The van der Waals surface area contributed by atoms with Crippen molar-refractivity contribution < 1.29 is 0 Å². The van der Waals surface area contributed by atoms with E-state index < -0.39 is 0 Å². The molecular formula is C14H8N2S4. The average Bonchev–Trinajstić information content (AvgIpc) is 3.22. The number of hydrogen-bond acceptors (Lipinski definition) is 6. The third-order valence-corrected chi connectivity index (χ3v) is 6.64. The summed E-state index contributed by atoms with van der Waals surface area (Å²) >= 11 is 6.85. The van der Waals surface area contributed by atoms with E-state index in [0.29, 0.717) is 0 Å². The van der Waals surface area contributed by atoms with E-state index in [1.165, 1.54) is 14.6 Å². The predicted octanol–water partition coefficient (Wildman–Crippen LogP) is 5.72. The summed E-state index contributed by atoms with van der Waals surface area (Å²) in [5.74, 6) is 0. The quantitative estimate of drug-likeness (QED) is 0.479. The van der Waals surface area contributed by atoms with Gasteiger partial charge in [0.15, 0.2) is 10.0 Å². The lowest BCUT2D eigenvalue weighted by Gasteiger charge is -1.95. The van der Waals surface area contributed by atoms with Gasteiger partial charge < -0.3 is 0 Å². The molecule has 4 aromatic rings. The summed E-state index contributed by atoms with van der Waals surface area (Å²) < 4.78 is 0. The summed E-state index contributed by atoms with van der Waals surface area (Å²) in [6.45, 7) is 0. The van der Waals surface area contributed by atoms with Crippen LogP contribution in [0.25, 0.3) is 30.3 Å². The van der Waals surface area contributed by atoms with Gasteiger partial charge >= 0.3 is 0 Å². The third-order valence-electron chi connectivity index (χ3n) is 2.74. The van der Waals surface area contributed by atoms with Crippen molar-refractivity contribution >= 4 is 45.3 Å². The fraction of sp³-hybridized carbons (Fsp3) is 0. The number of aromatic nitrogens is 2. The topological polar surface area (TPSA) is 25.8 Å². The van der Waals surface area contributed by atoms with Gasteiger partial charge in [0, 0.05) is 16.5 Å². The van der Waals surface area contributed by atoms with Crippen LogP contribution in [0.1, 0.15) is 0 Å². The zero-order valence-electron chi connectivity index (χ0n) is 10.1. The first-order chi connectivity index (χ1) is 9.92. The first kappa shape index (κ1) is 12.4. The van der Waals surface area contributed by atoms with Gasteiger partial charge in [0.05, 0.1) is 9.75 Å². The Balaban J connectivity index is 1.92. The van der Waals surface area contributed by atoms with Crippen molar-refractivity contribution in [1.29, 1.82) is 0 Å². The first-order valence-electron chi connectivity index (χ1n) is 5.90. The Morgan fingerprint density at radius 2 is 1.60 bits per heavy atom. The minimum absolute atomic E-state index is 0.996. The second-order valence-electron chi connectivity index (χ2n) is 3.99. The molecule has 0 aromatic carbocycles. The molecule has 4 aromatic heterocycles. The average molecular weight is 332 g/mol. The fourth-order valence-electron chi connectivity index (χ4n) is 1.90. The van der Waals surface area contributed by atoms with Gasteiger partial charge in [-0.3, -0.25) is 0 Å². The van der Waals surface area contributed by atoms with Crippen molar-refractivity contribution in [3.05, 3.63) is 46.6 Å². The van der Waals surface area contributed by atoms with Crippen LogP contribution in [0.15, 0.2) is 46.6 Å². The van der Waals surface area contributed by atoms with Crippen LogP contribution >= 0.6 is 45.3 Å². The van der Waals surface area contributed by atoms with Gasteiger partial charge in [0.1, 0.15) is 5.69 Å². The second-order valence-corrected chi connectivity index (χ2v) is 7.78. The van der Waals surface area contributed by atoms with Crippen molar-refractivity contribution in [1.82, 2.24) is 9.97 Å². The van der Waals surface area contributed by atoms with Crippen LogP contribution in [0, 0.1) is 0 Å². The summed E-state index contributed by atoms with van der Waals surface area (Å²) in [6.07, 6.45) is 1.83. The Morgan fingerprint density at radius 3 is 2.25 bits per heavy atom. The van der Waals surface area contributed by atoms with Crippen LogP contribution in [0.2, 0.25) is 0 Å². The summed E-state index contributed by atoms with van der Waals surface area (Å²) in [5, 5.41) is 8.20. The molecule has 0 N–H and O–H groups in total. The summed E-state index contributed by atoms with van der Waals surface area (Å²) in [6, 6.07) is 8.44. The zero-order valence-corrected chi connectivity index (χ0v) is 13.4. The maximum absolute atomic E-state index is 4.83. The second kappa shape index (κ2) is 5.21. The third kappa shape index (κ3) is 2.14. The van der Waals surface area contributed by atoms with Crippen LogP contribution in [0.4, 0.5) is 0 Å². The highest BCUT2D eigenvalue weighted by Gasteiger charge is 2.18. The maximum Gasteiger partial charge on any atom is 0.153 e. The van der Waals surface area contributed by atoms with Gasteiger partial charge in [0.2, 0.25) is 0 Å². The Bertz CT molecular complexity index is 744. The maximum atomic E-state index is 4.83. The zero-order chi connectivity index (χ0) is 13.4. The van der Waals surface area contributed by atoms with Crippen LogP contribution < -0.4 is 0 Å². The number of rotatable bonds is 3. The largest absolute Gasteiger partial charge is 0.242 e. The minimum atomic E-state index is 0.996. The molecule has 98 valence electrons. The van der Waals surface area contributed by atoms with Crippen molar-refractivity contribution in [2.75, 3.05) is 0 Å². The molecule has 0 radical (unpaired) electrons. The molecule has 0 aliphatic carbocycles. The standard InChI is InChI=1S/C14H8N2S4/c1-3-9(17-6-1)11-12(10-4-2-7-18-10)20-14(16-11)13-15-5-8-19-13/h1-8H. The molecule has 2 nitrogen and oxygen atoms in total. The molecule has 4 rings (SSSR count). The van der Waals surface area contributed by atoms with Gasteiger partial charge in [-0.15, -0.1) is 45.3 Å². The van der Waals surface area contributed by atoms with E-state index in [-0.39, 0.29) is 0 Å². The van der Waals surface area contributed by atoms with E-state index in [1.807, 2.05) is 11.6 Å². The van der Waals surface area contributed by atoms with E-state index in [4.69, 9.17) is 4.98 Å².